The molecular formula is C11H13N3O3. The van der Waals surface area contributed by atoms with Gasteiger partial charge in [-0.3, -0.25) is 0 Å². The number of carboxylic acids is 1. The quantitative estimate of drug-likeness (QED) is 0.805. The van der Waals surface area contributed by atoms with Gasteiger partial charge in [-0.2, -0.15) is 0 Å². The second-order valence-electron chi connectivity index (χ2n) is 4.21. The van der Waals surface area contributed by atoms with Crippen molar-refractivity contribution in [1.29, 1.82) is 0 Å². The van der Waals surface area contributed by atoms with E-state index in [4.69, 9.17) is 9.84 Å². The van der Waals surface area contributed by atoms with Crippen molar-refractivity contribution in [2.75, 3.05) is 30.0 Å². The van der Waals surface area contributed by atoms with Gasteiger partial charge in [-0.05, 0) is 18.6 Å². The van der Waals surface area contributed by atoms with E-state index in [2.05, 4.69) is 15.2 Å². The number of rotatable bonds is 3. The van der Waals surface area contributed by atoms with E-state index in [-0.39, 0.29) is 5.69 Å². The highest BCUT2D eigenvalue weighted by Gasteiger charge is 2.27. The SMILES string of the molecule is O=C(O)c1ccc2c(n1)NCN2C[C@@H]1CCO1. The van der Waals surface area contributed by atoms with E-state index in [1.807, 2.05) is 0 Å². The average Bonchev–Trinajstić information content (AvgIpc) is 2.65. The topological polar surface area (TPSA) is 74.7 Å². The summed E-state index contributed by atoms with van der Waals surface area (Å²) >= 11 is 0. The number of fused-ring (bicyclic) bond motifs is 1. The molecule has 0 aromatic carbocycles. The Labute approximate surface area is 98.2 Å². The van der Waals surface area contributed by atoms with E-state index in [1.54, 1.807) is 6.07 Å². The maximum atomic E-state index is 10.8. The van der Waals surface area contributed by atoms with Crippen LogP contribution in [0.1, 0.15) is 16.9 Å². The number of nitrogens with one attached hydrogen (secondary N) is 1. The molecule has 3 rings (SSSR count). The zero-order valence-corrected chi connectivity index (χ0v) is 9.22. The largest absolute Gasteiger partial charge is 0.477 e. The van der Waals surface area contributed by atoms with Gasteiger partial charge < -0.3 is 20.1 Å². The number of anilines is 2. The Morgan fingerprint density at radius 3 is 3.12 bits per heavy atom. The third-order valence-electron chi connectivity index (χ3n) is 3.09. The predicted molar refractivity (Wildman–Crippen MR) is 61.4 cm³/mol. The monoisotopic (exact) mass is 235 g/mol. The van der Waals surface area contributed by atoms with Gasteiger partial charge in [-0.25, -0.2) is 9.78 Å². The minimum atomic E-state index is -1.00. The molecule has 2 N–H and O–H groups in total. The first-order valence-electron chi connectivity index (χ1n) is 5.59. The summed E-state index contributed by atoms with van der Waals surface area (Å²) < 4.78 is 5.39. The molecule has 6 heteroatoms. The van der Waals surface area contributed by atoms with Crippen LogP contribution in [0.15, 0.2) is 12.1 Å². The first kappa shape index (κ1) is 10.3. The second kappa shape index (κ2) is 3.89. The van der Waals surface area contributed by atoms with Crippen LogP contribution in [0.4, 0.5) is 11.5 Å². The van der Waals surface area contributed by atoms with Crippen molar-refractivity contribution in [2.45, 2.75) is 12.5 Å². The van der Waals surface area contributed by atoms with Gasteiger partial charge in [-0.15, -0.1) is 0 Å². The van der Waals surface area contributed by atoms with Crippen LogP contribution in [0.2, 0.25) is 0 Å². The fourth-order valence-corrected chi connectivity index (χ4v) is 2.05. The van der Waals surface area contributed by atoms with Gasteiger partial charge in [0.1, 0.15) is 0 Å². The zero-order valence-electron chi connectivity index (χ0n) is 9.22. The van der Waals surface area contributed by atoms with Crippen molar-refractivity contribution in [3.8, 4) is 0 Å². The molecule has 6 nitrogen and oxygen atoms in total. The molecule has 3 heterocycles. The number of hydrogen-bond donors (Lipinski definition) is 2. The molecule has 1 atom stereocenters. The Morgan fingerprint density at radius 2 is 2.47 bits per heavy atom. The Hall–Kier alpha value is -1.82. The lowest BCUT2D eigenvalue weighted by Gasteiger charge is -2.31. The highest BCUT2D eigenvalue weighted by molar-refractivity contribution is 5.87. The van der Waals surface area contributed by atoms with Gasteiger partial charge in [0, 0.05) is 13.2 Å². The van der Waals surface area contributed by atoms with E-state index in [0.29, 0.717) is 18.6 Å². The summed E-state index contributed by atoms with van der Waals surface area (Å²) in [5.74, 6) is -0.361. The number of aromatic nitrogens is 1. The Kier molecular flexibility index (Phi) is 2.36. The number of carbonyl (C=O) groups is 1. The molecule has 1 saturated heterocycles. The maximum Gasteiger partial charge on any atom is 0.354 e. The highest BCUT2D eigenvalue weighted by Crippen LogP contribution is 2.30. The van der Waals surface area contributed by atoms with E-state index in [0.717, 1.165) is 25.3 Å². The average molecular weight is 235 g/mol. The van der Waals surface area contributed by atoms with E-state index >= 15 is 0 Å². The smallest absolute Gasteiger partial charge is 0.354 e. The molecule has 1 fully saturated rings. The summed E-state index contributed by atoms with van der Waals surface area (Å²) in [6.07, 6.45) is 1.38. The van der Waals surface area contributed by atoms with Crippen LogP contribution < -0.4 is 10.2 Å². The zero-order chi connectivity index (χ0) is 11.8. The molecule has 2 aliphatic rings. The van der Waals surface area contributed by atoms with Gasteiger partial charge in [0.05, 0.1) is 18.5 Å². The molecule has 0 radical (unpaired) electrons. The minimum absolute atomic E-state index is 0.0676. The molecule has 0 aliphatic carbocycles. The molecule has 0 bridgehead atoms. The van der Waals surface area contributed by atoms with E-state index < -0.39 is 5.97 Å². The summed E-state index contributed by atoms with van der Waals surface area (Å²) in [6, 6.07) is 3.33. The van der Waals surface area contributed by atoms with Crippen molar-refractivity contribution in [1.82, 2.24) is 4.98 Å². The lowest BCUT2D eigenvalue weighted by molar-refractivity contribution is -0.0442. The number of pyridine rings is 1. The van der Waals surface area contributed by atoms with Crippen molar-refractivity contribution >= 4 is 17.5 Å². The number of carboxylic acid groups (broad SMARTS) is 1. The fourth-order valence-electron chi connectivity index (χ4n) is 2.05. The van der Waals surface area contributed by atoms with Crippen molar-refractivity contribution in [2.24, 2.45) is 0 Å². The molecule has 0 saturated carbocycles. The van der Waals surface area contributed by atoms with Crippen molar-refractivity contribution in [3.05, 3.63) is 17.8 Å². The molecule has 90 valence electrons. The summed E-state index contributed by atoms with van der Waals surface area (Å²) in [6.45, 7) is 2.33. The van der Waals surface area contributed by atoms with Crippen molar-refractivity contribution in [3.63, 3.8) is 0 Å². The third-order valence-corrected chi connectivity index (χ3v) is 3.09. The number of hydrogen-bond acceptors (Lipinski definition) is 5. The van der Waals surface area contributed by atoms with Crippen LogP contribution in [-0.4, -0.2) is 42.0 Å². The van der Waals surface area contributed by atoms with Crippen LogP contribution in [0.25, 0.3) is 0 Å². The van der Waals surface area contributed by atoms with Gasteiger partial charge in [-0.1, -0.05) is 0 Å². The third kappa shape index (κ3) is 1.80. The van der Waals surface area contributed by atoms with Gasteiger partial charge in [0.15, 0.2) is 11.5 Å². The minimum Gasteiger partial charge on any atom is -0.477 e. The molecule has 0 unspecified atom stereocenters. The Balaban J connectivity index is 1.79. The molecule has 1 aromatic rings. The summed E-state index contributed by atoms with van der Waals surface area (Å²) in [4.78, 5) is 17.0. The van der Waals surface area contributed by atoms with Gasteiger partial charge in [0.25, 0.3) is 0 Å². The Morgan fingerprint density at radius 1 is 1.65 bits per heavy atom. The van der Waals surface area contributed by atoms with Crippen molar-refractivity contribution < 1.29 is 14.6 Å². The number of nitrogens with zero attached hydrogens (tertiary/aromatic N) is 2. The first-order valence-corrected chi connectivity index (χ1v) is 5.59. The molecule has 0 spiro atoms. The molecule has 0 amide bonds. The normalized spacial score (nSPS) is 21.6. The number of ether oxygens (including phenoxy) is 1. The highest BCUT2D eigenvalue weighted by atomic mass is 16.5. The molecule has 2 aliphatic heterocycles. The molecule has 1 aromatic heterocycles. The number of aromatic carboxylic acids is 1. The summed E-state index contributed by atoms with van der Waals surface area (Å²) in [5, 5.41) is 11.9. The first-order chi connectivity index (χ1) is 8.24. The van der Waals surface area contributed by atoms with E-state index in [9.17, 15) is 4.79 Å². The lowest BCUT2D eigenvalue weighted by Crippen LogP contribution is -2.39. The lowest BCUT2D eigenvalue weighted by atomic mass is 10.2. The standard InChI is InChI=1S/C11H13N3O3/c15-11(16)8-1-2-9-10(13-8)12-6-14(9)5-7-3-4-17-7/h1-2,7H,3-6H2,(H,12,13)(H,15,16)/t7-/m0/s1. The van der Waals surface area contributed by atoms with Gasteiger partial charge in [0.2, 0.25) is 0 Å². The van der Waals surface area contributed by atoms with E-state index in [1.165, 1.54) is 6.07 Å². The summed E-state index contributed by atoms with van der Waals surface area (Å²) in [5.41, 5.74) is 1.02. The van der Waals surface area contributed by atoms with Gasteiger partial charge >= 0.3 is 5.97 Å². The fraction of sp³-hybridized carbons (Fsp3) is 0.455. The maximum absolute atomic E-state index is 10.8. The van der Waals surface area contributed by atoms with Crippen LogP contribution in [0.5, 0.6) is 0 Å². The summed E-state index contributed by atoms with van der Waals surface area (Å²) in [7, 11) is 0. The predicted octanol–water partition coefficient (Wildman–Crippen LogP) is 0.758. The van der Waals surface area contributed by atoms with Crippen LogP contribution >= 0.6 is 0 Å². The Bertz CT molecular complexity index is 459. The molecular weight excluding hydrogens is 222 g/mol. The van der Waals surface area contributed by atoms with Crippen LogP contribution in [0, 0.1) is 0 Å². The van der Waals surface area contributed by atoms with Crippen LogP contribution in [-0.2, 0) is 4.74 Å². The molecule has 17 heavy (non-hydrogen) atoms. The second-order valence-corrected chi connectivity index (χ2v) is 4.21. The van der Waals surface area contributed by atoms with Crippen LogP contribution in [0.3, 0.4) is 0 Å².